The molecule has 3 aromatic heterocycles. The Morgan fingerprint density at radius 3 is 2.81 bits per heavy atom. The average Bonchev–Trinajstić information content (AvgIpc) is 3.24. The lowest BCUT2D eigenvalue weighted by Crippen LogP contribution is -2.39. The topological polar surface area (TPSA) is 96.9 Å². The number of methoxy groups -OCH3 is 1. The van der Waals surface area contributed by atoms with Gasteiger partial charge < -0.3 is 9.64 Å². The Kier molecular flexibility index (Phi) is 4.78. The number of aromatic nitrogens is 5. The molecule has 0 bridgehead atoms. The summed E-state index contributed by atoms with van der Waals surface area (Å²) >= 11 is 0. The van der Waals surface area contributed by atoms with E-state index in [1.165, 1.54) is 0 Å². The van der Waals surface area contributed by atoms with E-state index in [-0.39, 0.29) is 11.9 Å². The van der Waals surface area contributed by atoms with Crippen LogP contribution in [0.25, 0.3) is 11.4 Å². The number of hydrogen-bond donors (Lipinski definition) is 1. The molecule has 1 aliphatic heterocycles. The van der Waals surface area contributed by atoms with Gasteiger partial charge in [-0.05, 0) is 37.5 Å². The predicted molar refractivity (Wildman–Crippen MR) is 98.0 cm³/mol. The number of aromatic amines is 1. The van der Waals surface area contributed by atoms with Crippen LogP contribution in [0.5, 0.6) is 5.88 Å². The van der Waals surface area contributed by atoms with Crippen molar-refractivity contribution in [1.29, 1.82) is 0 Å². The maximum absolute atomic E-state index is 13.0. The number of nitrogens with one attached hydrogen (secondary N) is 1. The van der Waals surface area contributed by atoms with Crippen molar-refractivity contribution in [3.8, 4) is 17.3 Å². The molecule has 1 saturated heterocycles. The van der Waals surface area contributed by atoms with E-state index >= 15 is 0 Å². The Morgan fingerprint density at radius 1 is 1.22 bits per heavy atom. The molecule has 1 atom stereocenters. The minimum atomic E-state index is -0.128. The van der Waals surface area contributed by atoms with Crippen LogP contribution in [0.15, 0.2) is 42.9 Å². The van der Waals surface area contributed by atoms with Crippen LogP contribution in [0, 0.1) is 0 Å². The first-order valence-electron chi connectivity index (χ1n) is 8.90. The number of amides is 1. The molecular weight excluding hydrogens is 344 g/mol. The molecule has 1 amide bonds. The molecule has 0 aromatic carbocycles. The van der Waals surface area contributed by atoms with Crippen LogP contribution >= 0.6 is 0 Å². The van der Waals surface area contributed by atoms with Crippen LogP contribution in [0.4, 0.5) is 0 Å². The summed E-state index contributed by atoms with van der Waals surface area (Å²) in [5, 5.41) is 7.34. The molecule has 1 aliphatic rings. The Bertz CT molecular complexity index is 909. The molecule has 0 spiro atoms. The van der Waals surface area contributed by atoms with Crippen LogP contribution in [0.3, 0.4) is 0 Å². The maximum atomic E-state index is 13.0. The fraction of sp³-hybridized carbons (Fsp3) is 0.316. The molecule has 0 aliphatic carbocycles. The van der Waals surface area contributed by atoms with Gasteiger partial charge in [0.15, 0.2) is 5.82 Å². The van der Waals surface area contributed by atoms with Gasteiger partial charge in [0, 0.05) is 36.8 Å². The third kappa shape index (κ3) is 3.51. The van der Waals surface area contributed by atoms with E-state index in [4.69, 9.17) is 4.74 Å². The Hall–Kier alpha value is -3.29. The zero-order valence-electron chi connectivity index (χ0n) is 15.0. The zero-order chi connectivity index (χ0) is 18.6. The Balaban J connectivity index is 1.59. The first-order chi connectivity index (χ1) is 13.3. The van der Waals surface area contributed by atoms with Gasteiger partial charge in [0.1, 0.15) is 5.82 Å². The minimum absolute atomic E-state index is 0.0586. The molecule has 1 unspecified atom stereocenters. The summed E-state index contributed by atoms with van der Waals surface area (Å²) in [6.45, 7) is 0.681. The number of H-pyrrole nitrogens is 1. The largest absolute Gasteiger partial charge is 0.481 e. The third-order valence-electron chi connectivity index (χ3n) is 4.71. The van der Waals surface area contributed by atoms with Gasteiger partial charge in [-0.15, -0.1) is 0 Å². The normalized spacial score (nSPS) is 16.9. The molecule has 4 rings (SSSR count). The van der Waals surface area contributed by atoms with Gasteiger partial charge in [0.05, 0.1) is 18.7 Å². The Morgan fingerprint density at radius 2 is 2.07 bits per heavy atom. The zero-order valence-corrected chi connectivity index (χ0v) is 15.0. The number of piperidine rings is 1. The van der Waals surface area contributed by atoms with Crippen LogP contribution in [0.2, 0.25) is 0 Å². The molecule has 0 saturated carbocycles. The fourth-order valence-corrected chi connectivity index (χ4v) is 3.31. The third-order valence-corrected chi connectivity index (χ3v) is 4.71. The van der Waals surface area contributed by atoms with Crippen molar-refractivity contribution in [2.45, 2.75) is 25.3 Å². The van der Waals surface area contributed by atoms with E-state index in [1.54, 1.807) is 37.8 Å². The molecule has 1 fully saturated rings. The van der Waals surface area contributed by atoms with Crippen molar-refractivity contribution in [2.24, 2.45) is 0 Å². The van der Waals surface area contributed by atoms with Gasteiger partial charge in [-0.3, -0.25) is 14.9 Å². The van der Waals surface area contributed by atoms with Gasteiger partial charge in [0.25, 0.3) is 5.91 Å². The highest BCUT2D eigenvalue weighted by atomic mass is 16.5. The summed E-state index contributed by atoms with van der Waals surface area (Å²) in [5.74, 6) is 1.74. The molecule has 0 radical (unpaired) electrons. The van der Waals surface area contributed by atoms with E-state index in [9.17, 15) is 4.79 Å². The molecule has 3 aromatic rings. The van der Waals surface area contributed by atoms with Crippen molar-refractivity contribution in [1.82, 2.24) is 30.0 Å². The van der Waals surface area contributed by atoms with Gasteiger partial charge in [-0.25, -0.2) is 9.97 Å². The van der Waals surface area contributed by atoms with Crippen LogP contribution in [-0.4, -0.2) is 49.6 Å². The summed E-state index contributed by atoms with van der Waals surface area (Å²) < 4.78 is 5.07. The molecule has 8 heteroatoms. The lowest BCUT2D eigenvalue weighted by Gasteiger charge is -2.34. The van der Waals surface area contributed by atoms with Crippen molar-refractivity contribution in [3.05, 3.63) is 54.2 Å². The number of ether oxygens (including phenoxy) is 1. The number of carbonyl (C=O) groups excluding carboxylic acids is 1. The lowest BCUT2D eigenvalue weighted by molar-refractivity contribution is 0.0600. The van der Waals surface area contributed by atoms with E-state index in [0.29, 0.717) is 29.6 Å². The predicted octanol–water partition coefficient (Wildman–Crippen LogP) is 2.64. The monoisotopic (exact) mass is 364 g/mol. The smallest absolute Gasteiger partial charge is 0.256 e. The lowest BCUT2D eigenvalue weighted by atomic mass is 10.0. The fourth-order valence-electron chi connectivity index (χ4n) is 3.31. The molecular formula is C19H20N6O2. The molecule has 8 nitrogen and oxygen atoms in total. The molecule has 27 heavy (non-hydrogen) atoms. The van der Waals surface area contributed by atoms with Crippen molar-refractivity contribution in [3.63, 3.8) is 0 Å². The van der Waals surface area contributed by atoms with Crippen molar-refractivity contribution >= 4 is 5.91 Å². The SMILES string of the molecule is COc1ccc(C(=O)N2CCCCC2c2nc(-c3ccncc3)n[nH]2)cn1. The van der Waals surface area contributed by atoms with E-state index in [2.05, 4.69) is 25.1 Å². The minimum Gasteiger partial charge on any atom is -0.481 e. The Labute approximate surface area is 156 Å². The average molecular weight is 364 g/mol. The number of nitrogens with zero attached hydrogens (tertiary/aromatic N) is 5. The number of rotatable bonds is 4. The van der Waals surface area contributed by atoms with Gasteiger partial charge >= 0.3 is 0 Å². The first kappa shape index (κ1) is 17.1. The molecule has 1 N–H and O–H groups in total. The highest BCUT2D eigenvalue weighted by molar-refractivity contribution is 5.94. The van der Waals surface area contributed by atoms with Gasteiger partial charge in [-0.1, -0.05) is 0 Å². The summed E-state index contributed by atoms with van der Waals surface area (Å²) in [6.07, 6.45) is 7.82. The highest BCUT2D eigenvalue weighted by Crippen LogP contribution is 2.31. The van der Waals surface area contributed by atoms with E-state index in [0.717, 1.165) is 24.8 Å². The number of carbonyl (C=O) groups is 1. The second kappa shape index (κ2) is 7.53. The second-order valence-corrected chi connectivity index (χ2v) is 6.38. The summed E-state index contributed by atoms with van der Waals surface area (Å²) in [5.41, 5.74) is 1.43. The van der Waals surface area contributed by atoms with Crippen molar-refractivity contribution < 1.29 is 9.53 Å². The molecule has 138 valence electrons. The summed E-state index contributed by atoms with van der Waals surface area (Å²) in [7, 11) is 1.55. The van der Waals surface area contributed by atoms with Gasteiger partial charge in [0.2, 0.25) is 5.88 Å². The second-order valence-electron chi connectivity index (χ2n) is 6.38. The van der Waals surface area contributed by atoms with Crippen LogP contribution < -0.4 is 4.74 Å². The molecule has 4 heterocycles. The van der Waals surface area contributed by atoms with E-state index in [1.807, 2.05) is 17.0 Å². The standard InChI is InChI=1S/C19H20N6O2/c1-27-16-6-5-14(12-21-16)19(26)25-11-3-2-4-15(25)18-22-17(23-24-18)13-7-9-20-10-8-13/h5-10,12,15H,2-4,11H2,1H3,(H,22,23,24). The quantitative estimate of drug-likeness (QED) is 0.764. The van der Waals surface area contributed by atoms with Crippen LogP contribution in [0.1, 0.15) is 41.5 Å². The number of hydrogen-bond acceptors (Lipinski definition) is 6. The van der Waals surface area contributed by atoms with Gasteiger partial charge in [-0.2, -0.15) is 5.10 Å². The number of likely N-dealkylation sites (tertiary alicyclic amines) is 1. The highest BCUT2D eigenvalue weighted by Gasteiger charge is 2.31. The maximum Gasteiger partial charge on any atom is 0.256 e. The van der Waals surface area contributed by atoms with Crippen LogP contribution in [-0.2, 0) is 0 Å². The summed E-state index contributed by atoms with van der Waals surface area (Å²) in [6, 6.07) is 7.03. The summed E-state index contributed by atoms with van der Waals surface area (Å²) in [4.78, 5) is 27.7. The number of pyridine rings is 2. The van der Waals surface area contributed by atoms with E-state index < -0.39 is 0 Å². The first-order valence-corrected chi connectivity index (χ1v) is 8.90. The van der Waals surface area contributed by atoms with Crippen molar-refractivity contribution in [2.75, 3.05) is 13.7 Å².